The van der Waals surface area contributed by atoms with E-state index in [0.29, 0.717) is 5.69 Å². The van der Waals surface area contributed by atoms with Gasteiger partial charge in [0.25, 0.3) is 5.91 Å². The number of thiazole rings is 1. The molecule has 68 valence electrons. The molecule has 1 rings (SSSR count). The molecule has 1 amide bonds. The fraction of sp³-hybridized carbons (Fsp3) is 0.200. The Morgan fingerprint density at radius 1 is 1.92 bits per heavy atom. The van der Waals surface area contributed by atoms with Gasteiger partial charge in [0.15, 0.2) is 5.01 Å². The normalized spacial score (nSPS) is 9.00. The molecule has 0 aromatic carbocycles. The first kappa shape index (κ1) is 9.46. The number of amides is 1. The molecule has 0 saturated heterocycles. The lowest BCUT2D eigenvalue weighted by Gasteiger charge is -1.90. The third-order valence-electron chi connectivity index (χ3n) is 1.17. The van der Waals surface area contributed by atoms with Gasteiger partial charge in [0.2, 0.25) is 0 Å². The van der Waals surface area contributed by atoms with E-state index in [-0.39, 0.29) is 11.6 Å². The molecule has 1 aromatic heterocycles. The van der Waals surface area contributed by atoms with Crippen LogP contribution in [0.2, 0.25) is 0 Å². The van der Waals surface area contributed by atoms with Gasteiger partial charge >= 0.3 is 0 Å². The lowest BCUT2D eigenvalue weighted by molar-refractivity contribution is 0.0953. The van der Waals surface area contributed by atoms with Crippen molar-refractivity contribution < 1.29 is 4.79 Å². The quantitative estimate of drug-likeness (QED) is 0.184. The Kier molecular flexibility index (Phi) is 3.21. The van der Waals surface area contributed by atoms with E-state index in [4.69, 9.17) is 11.4 Å². The molecule has 0 spiro atoms. The Hall–Kier alpha value is -1.63. The summed E-state index contributed by atoms with van der Waals surface area (Å²) in [5.41, 5.74) is 10.5. The Morgan fingerprint density at radius 3 is 3.31 bits per heavy atom. The zero-order chi connectivity index (χ0) is 9.68. The van der Waals surface area contributed by atoms with Crippen LogP contribution in [-0.4, -0.2) is 10.9 Å². The Bertz CT molecular complexity index is 354. The molecular weight excluding hydrogens is 192 g/mol. The second-order valence-corrected chi connectivity index (χ2v) is 2.86. The van der Waals surface area contributed by atoms with Crippen molar-refractivity contribution in [3.8, 4) is 0 Å². The zero-order valence-electron chi connectivity index (χ0n) is 6.47. The van der Waals surface area contributed by atoms with Crippen LogP contribution in [0.1, 0.15) is 15.5 Å². The fourth-order valence-electron chi connectivity index (χ4n) is 0.650. The highest BCUT2D eigenvalue weighted by atomic mass is 32.1. The average molecular weight is 198 g/mol. The standard InChI is InChI=1S/C5H6N6OS/c6-10-4(12)5-9-3(2-13-5)1-8-11-7/h2H,1,6H2,(H,10,12). The molecule has 0 aliphatic carbocycles. The minimum absolute atomic E-state index is 0.144. The van der Waals surface area contributed by atoms with Crippen LogP contribution >= 0.6 is 11.3 Å². The number of carbonyl (C=O) groups is 1. The van der Waals surface area contributed by atoms with Crippen molar-refractivity contribution in [3.05, 3.63) is 26.5 Å². The van der Waals surface area contributed by atoms with Crippen LogP contribution in [0.5, 0.6) is 0 Å². The van der Waals surface area contributed by atoms with Crippen molar-refractivity contribution in [2.45, 2.75) is 6.54 Å². The van der Waals surface area contributed by atoms with Gasteiger partial charge in [-0.1, -0.05) is 5.11 Å². The molecule has 0 fully saturated rings. The van der Waals surface area contributed by atoms with Gasteiger partial charge in [0, 0.05) is 10.3 Å². The molecule has 1 heterocycles. The SMILES string of the molecule is [N-]=[N+]=NCc1csc(C(=O)NN)n1. The monoisotopic (exact) mass is 198 g/mol. The zero-order valence-corrected chi connectivity index (χ0v) is 7.28. The number of hydrogen-bond acceptors (Lipinski definition) is 5. The molecule has 0 atom stereocenters. The average Bonchev–Trinajstić information content (AvgIpc) is 2.62. The molecular formula is C5H6N6OS. The number of hydrazine groups is 1. The molecule has 3 N–H and O–H groups in total. The lowest BCUT2D eigenvalue weighted by atomic mass is 10.5. The third-order valence-corrected chi connectivity index (χ3v) is 2.06. The number of hydrogen-bond donors (Lipinski definition) is 2. The predicted molar refractivity (Wildman–Crippen MR) is 46.6 cm³/mol. The molecule has 7 nitrogen and oxygen atoms in total. The summed E-state index contributed by atoms with van der Waals surface area (Å²) in [4.78, 5) is 17.4. The van der Waals surface area contributed by atoms with Crippen molar-refractivity contribution in [1.29, 1.82) is 0 Å². The molecule has 8 heteroatoms. The van der Waals surface area contributed by atoms with Crippen LogP contribution in [0.15, 0.2) is 10.5 Å². The first-order chi connectivity index (χ1) is 6.27. The van der Waals surface area contributed by atoms with Gasteiger partial charge in [-0.25, -0.2) is 10.8 Å². The van der Waals surface area contributed by atoms with Gasteiger partial charge in [0.05, 0.1) is 12.2 Å². The third kappa shape index (κ3) is 2.41. The smallest absolute Gasteiger partial charge is 0.288 e. The van der Waals surface area contributed by atoms with E-state index >= 15 is 0 Å². The van der Waals surface area contributed by atoms with Crippen LogP contribution in [0, 0.1) is 0 Å². The highest BCUT2D eigenvalue weighted by Crippen LogP contribution is 2.09. The summed E-state index contributed by atoms with van der Waals surface area (Å²) < 4.78 is 0. The van der Waals surface area contributed by atoms with Crippen molar-refractivity contribution in [1.82, 2.24) is 10.4 Å². The molecule has 0 unspecified atom stereocenters. The van der Waals surface area contributed by atoms with Gasteiger partial charge in [-0.15, -0.1) is 11.3 Å². The van der Waals surface area contributed by atoms with Crippen LogP contribution in [-0.2, 0) is 6.54 Å². The summed E-state index contributed by atoms with van der Waals surface area (Å²) in [6.07, 6.45) is 0. The van der Waals surface area contributed by atoms with Gasteiger partial charge in [-0.2, -0.15) is 0 Å². The fourth-order valence-corrected chi connectivity index (χ4v) is 1.36. The van der Waals surface area contributed by atoms with Crippen molar-refractivity contribution in [3.63, 3.8) is 0 Å². The van der Waals surface area contributed by atoms with Gasteiger partial charge in [-0.05, 0) is 5.53 Å². The van der Waals surface area contributed by atoms with Crippen molar-refractivity contribution in [2.75, 3.05) is 0 Å². The van der Waals surface area contributed by atoms with E-state index in [1.165, 1.54) is 0 Å². The van der Waals surface area contributed by atoms with E-state index in [9.17, 15) is 4.79 Å². The summed E-state index contributed by atoms with van der Waals surface area (Å²) >= 11 is 1.15. The molecule has 13 heavy (non-hydrogen) atoms. The van der Waals surface area contributed by atoms with Gasteiger partial charge in [0.1, 0.15) is 0 Å². The number of nitrogens with zero attached hydrogens (tertiary/aromatic N) is 4. The summed E-state index contributed by atoms with van der Waals surface area (Å²) in [6.45, 7) is 0.144. The second-order valence-electron chi connectivity index (χ2n) is 2.01. The van der Waals surface area contributed by atoms with E-state index in [1.807, 2.05) is 5.43 Å². The largest absolute Gasteiger partial charge is 0.294 e. The highest BCUT2D eigenvalue weighted by molar-refractivity contribution is 7.11. The molecule has 1 aromatic rings. The minimum atomic E-state index is -0.447. The first-order valence-electron chi connectivity index (χ1n) is 3.24. The topological polar surface area (TPSA) is 117 Å². The predicted octanol–water partition coefficient (Wildman–Crippen LogP) is 0.557. The van der Waals surface area contributed by atoms with Crippen LogP contribution < -0.4 is 11.3 Å². The van der Waals surface area contributed by atoms with Crippen LogP contribution in [0.25, 0.3) is 10.4 Å². The van der Waals surface area contributed by atoms with Crippen molar-refractivity contribution in [2.24, 2.45) is 11.0 Å². The van der Waals surface area contributed by atoms with Crippen molar-refractivity contribution >= 4 is 17.2 Å². The lowest BCUT2D eigenvalue weighted by Crippen LogP contribution is -2.29. The number of carbonyl (C=O) groups excluding carboxylic acids is 1. The van der Waals surface area contributed by atoms with Crippen LogP contribution in [0.3, 0.4) is 0 Å². The minimum Gasteiger partial charge on any atom is -0.288 e. The van der Waals surface area contributed by atoms with Crippen LogP contribution in [0.4, 0.5) is 0 Å². The second kappa shape index (κ2) is 4.41. The van der Waals surface area contributed by atoms with E-state index < -0.39 is 5.91 Å². The maximum Gasteiger partial charge on any atom is 0.294 e. The Morgan fingerprint density at radius 2 is 2.69 bits per heavy atom. The molecule has 0 aliphatic rings. The highest BCUT2D eigenvalue weighted by Gasteiger charge is 2.08. The first-order valence-corrected chi connectivity index (χ1v) is 4.12. The number of rotatable bonds is 3. The number of azide groups is 1. The number of nitrogen functional groups attached to an aromatic ring is 1. The molecule has 0 saturated carbocycles. The Labute approximate surface area is 77.2 Å². The maximum atomic E-state index is 10.9. The number of nitrogens with one attached hydrogen (secondary N) is 1. The van der Waals surface area contributed by atoms with E-state index in [1.54, 1.807) is 5.38 Å². The van der Waals surface area contributed by atoms with E-state index in [0.717, 1.165) is 11.3 Å². The molecule has 0 radical (unpaired) electrons. The summed E-state index contributed by atoms with van der Waals surface area (Å²) in [5, 5.41) is 5.20. The van der Waals surface area contributed by atoms with Gasteiger partial charge < -0.3 is 0 Å². The van der Waals surface area contributed by atoms with E-state index in [2.05, 4.69) is 15.0 Å². The summed E-state index contributed by atoms with van der Waals surface area (Å²) in [6, 6.07) is 0. The summed E-state index contributed by atoms with van der Waals surface area (Å²) in [7, 11) is 0. The molecule has 0 bridgehead atoms. The summed E-state index contributed by atoms with van der Waals surface area (Å²) in [5.74, 6) is 4.45. The Balaban J connectivity index is 2.74. The number of aromatic nitrogens is 1. The van der Waals surface area contributed by atoms with Gasteiger partial charge in [-0.3, -0.25) is 10.2 Å². The maximum absolute atomic E-state index is 10.9. The number of nitrogens with two attached hydrogens (primary N) is 1. The molecule has 0 aliphatic heterocycles.